The average Bonchev–Trinajstić information content (AvgIpc) is 3.50. The highest BCUT2D eigenvalue weighted by atomic mass is 15.1. The van der Waals surface area contributed by atoms with Gasteiger partial charge in [0.2, 0.25) is 0 Å². The third kappa shape index (κ3) is 2.74. The van der Waals surface area contributed by atoms with E-state index in [0.717, 1.165) is 61.5 Å². The van der Waals surface area contributed by atoms with Gasteiger partial charge in [-0.1, -0.05) is 12.1 Å². The highest BCUT2D eigenvalue weighted by Crippen LogP contribution is 2.34. The second-order valence-electron chi connectivity index (χ2n) is 7.62. The first kappa shape index (κ1) is 17.6. The van der Waals surface area contributed by atoms with E-state index in [-0.39, 0.29) is 0 Å². The third-order valence-electron chi connectivity index (χ3n) is 5.84. The molecule has 7 nitrogen and oxygen atoms in total. The van der Waals surface area contributed by atoms with Gasteiger partial charge in [0.05, 0.1) is 35.0 Å². The van der Waals surface area contributed by atoms with Crippen LogP contribution in [0.3, 0.4) is 0 Å². The van der Waals surface area contributed by atoms with Crippen LogP contribution in [0.5, 0.6) is 0 Å². The number of H-pyrrole nitrogens is 2. The largest absolute Gasteiger partial charge is 0.353 e. The van der Waals surface area contributed by atoms with Crippen molar-refractivity contribution in [1.29, 1.82) is 0 Å². The van der Waals surface area contributed by atoms with Crippen molar-refractivity contribution in [2.45, 2.75) is 6.92 Å². The fraction of sp³-hybridized carbons (Fsp3) is 0.0833. The van der Waals surface area contributed by atoms with E-state index in [4.69, 9.17) is 0 Å². The summed E-state index contributed by atoms with van der Waals surface area (Å²) < 4.78 is 2.04. The summed E-state index contributed by atoms with van der Waals surface area (Å²) in [5.41, 5.74) is 7.93. The van der Waals surface area contributed by atoms with Crippen molar-refractivity contribution < 1.29 is 0 Å². The standard InChI is InChI=1S/C24H19N7/c1-14-26-13-23(31(14)2)20-11-18-22(12-27-20)29-30-24(18)21-10-17-16(4-3-5-19(17)28-21)15-6-8-25-9-7-15/h3-13,28H,1-2H3,(H,29,30). The minimum Gasteiger partial charge on any atom is -0.353 e. The topological polar surface area (TPSA) is 88.1 Å². The van der Waals surface area contributed by atoms with Crippen molar-refractivity contribution in [1.82, 2.24) is 34.7 Å². The number of pyridine rings is 2. The maximum absolute atomic E-state index is 4.61. The molecular formula is C24H19N7. The van der Waals surface area contributed by atoms with Crippen molar-refractivity contribution in [3.05, 3.63) is 73.1 Å². The van der Waals surface area contributed by atoms with Crippen molar-refractivity contribution in [3.63, 3.8) is 0 Å². The van der Waals surface area contributed by atoms with E-state index >= 15 is 0 Å². The quantitative estimate of drug-likeness (QED) is 0.439. The maximum atomic E-state index is 4.61. The lowest BCUT2D eigenvalue weighted by atomic mass is 10.0. The summed E-state index contributed by atoms with van der Waals surface area (Å²) in [5, 5.41) is 9.87. The molecule has 7 heteroatoms. The molecule has 0 fully saturated rings. The molecule has 6 aromatic rings. The summed E-state index contributed by atoms with van der Waals surface area (Å²) in [6.45, 7) is 1.98. The lowest BCUT2D eigenvalue weighted by Gasteiger charge is -2.03. The normalized spacial score (nSPS) is 11.5. The van der Waals surface area contributed by atoms with Crippen LogP contribution in [0.25, 0.3) is 55.7 Å². The number of hydrogen-bond donors (Lipinski definition) is 2. The second kappa shape index (κ2) is 6.63. The molecule has 0 bridgehead atoms. The van der Waals surface area contributed by atoms with Crippen LogP contribution in [0.15, 0.2) is 67.3 Å². The number of hydrogen-bond acceptors (Lipinski definition) is 4. The predicted octanol–water partition coefficient (Wildman–Crippen LogP) is 4.88. The van der Waals surface area contributed by atoms with E-state index in [1.165, 1.54) is 0 Å². The van der Waals surface area contributed by atoms with Crippen LogP contribution in [0, 0.1) is 6.92 Å². The molecule has 0 atom stereocenters. The molecule has 6 rings (SSSR count). The fourth-order valence-corrected chi connectivity index (χ4v) is 4.07. The number of aromatic nitrogens is 7. The summed E-state index contributed by atoms with van der Waals surface area (Å²) in [6, 6.07) is 14.6. The van der Waals surface area contributed by atoms with Crippen LogP contribution in [0.1, 0.15) is 5.82 Å². The van der Waals surface area contributed by atoms with Gasteiger partial charge in [0, 0.05) is 35.7 Å². The Morgan fingerprint density at radius 1 is 0.903 bits per heavy atom. The van der Waals surface area contributed by atoms with Crippen molar-refractivity contribution >= 4 is 21.8 Å². The summed E-state index contributed by atoms with van der Waals surface area (Å²) in [4.78, 5) is 16.7. The first-order chi connectivity index (χ1) is 15.2. The minimum absolute atomic E-state index is 0.867. The molecule has 0 saturated carbocycles. The summed E-state index contributed by atoms with van der Waals surface area (Å²) >= 11 is 0. The van der Waals surface area contributed by atoms with Gasteiger partial charge < -0.3 is 9.55 Å². The van der Waals surface area contributed by atoms with Gasteiger partial charge in [0.1, 0.15) is 11.5 Å². The van der Waals surface area contributed by atoms with Crippen LogP contribution in [0.4, 0.5) is 0 Å². The average molecular weight is 405 g/mol. The van der Waals surface area contributed by atoms with Crippen LogP contribution in [-0.2, 0) is 7.05 Å². The van der Waals surface area contributed by atoms with E-state index in [2.05, 4.69) is 60.5 Å². The molecule has 0 saturated heterocycles. The van der Waals surface area contributed by atoms with Gasteiger partial charge in [-0.05, 0) is 48.4 Å². The molecule has 5 heterocycles. The van der Waals surface area contributed by atoms with E-state index in [9.17, 15) is 0 Å². The smallest absolute Gasteiger partial charge is 0.116 e. The summed E-state index contributed by atoms with van der Waals surface area (Å²) in [6.07, 6.45) is 7.32. The number of fused-ring (bicyclic) bond motifs is 2. The van der Waals surface area contributed by atoms with E-state index in [1.807, 2.05) is 55.5 Å². The highest BCUT2D eigenvalue weighted by molar-refractivity contribution is 6.01. The predicted molar refractivity (Wildman–Crippen MR) is 121 cm³/mol. The summed E-state index contributed by atoms with van der Waals surface area (Å²) in [5.74, 6) is 0.948. The van der Waals surface area contributed by atoms with Gasteiger partial charge in [0.25, 0.3) is 0 Å². The molecule has 0 spiro atoms. The fourth-order valence-electron chi connectivity index (χ4n) is 4.07. The number of rotatable bonds is 3. The zero-order valence-electron chi connectivity index (χ0n) is 17.1. The first-order valence-corrected chi connectivity index (χ1v) is 10.0. The van der Waals surface area contributed by atoms with Crippen LogP contribution in [-0.4, -0.2) is 34.7 Å². The molecule has 5 aromatic heterocycles. The number of benzene rings is 1. The molecule has 2 N–H and O–H groups in total. The van der Waals surface area contributed by atoms with Crippen LogP contribution >= 0.6 is 0 Å². The van der Waals surface area contributed by atoms with E-state index < -0.39 is 0 Å². The number of imidazole rings is 1. The van der Waals surface area contributed by atoms with Gasteiger partial charge in [-0.2, -0.15) is 5.10 Å². The Labute approximate surface area is 177 Å². The SMILES string of the molecule is Cc1ncc(-c2cc3c(-c4cc5c(-c6ccncc6)cccc5[nH]4)n[nH]c3cn2)n1C. The molecule has 0 aliphatic carbocycles. The van der Waals surface area contributed by atoms with E-state index in [1.54, 1.807) is 0 Å². The monoisotopic (exact) mass is 405 g/mol. The molecular weight excluding hydrogens is 386 g/mol. The molecule has 0 radical (unpaired) electrons. The molecule has 0 aliphatic heterocycles. The lowest BCUT2D eigenvalue weighted by molar-refractivity contribution is 0.862. The Kier molecular flexibility index (Phi) is 3.76. The molecule has 1 aromatic carbocycles. The van der Waals surface area contributed by atoms with Crippen molar-refractivity contribution in [2.24, 2.45) is 7.05 Å². The molecule has 150 valence electrons. The number of nitrogens with one attached hydrogen (secondary N) is 2. The van der Waals surface area contributed by atoms with Crippen molar-refractivity contribution in [3.8, 4) is 33.9 Å². The van der Waals surface area contributed by atoms with Gasteiger partial charge in [-0.3, -0.25) is 15.1 Å². The third-order valence-corrected chi connectivity index (χ3v) is 5.84. The second-order valence-corrected chi connectivity index (χ2v) is 7.62. The van der Waals surface area contributed by atoms with Gasteiger partial charge in [0.15, 0.2) is 0 Å². The number of aromatic amines is 2. The van der Waals surface area contributed by atoms with Crippen LogP contribution < -0.4 is 0 Å². The van der Waals surface area contributed by atoms with Crippen molar-refractivity contribution in [2.75, 3.05) is 0 Å². The molecule has 0 aliphatic rings. The Balaban J connectivity index is 1.52. The van der Waals surface area contributed by atoms with Gasteiger partial charge >= 0.3 is 0 Å². The van der Waals surface area contributed by atoms with Crippen LogP contribution in [0.2, 0.25) is 0 Å². The van der Waals surface area contributed by atoms with Gasteiger partial charge in [-0.15, -0.1) is 0 Å². The number of aryl methyl sites for hydroxylation is 1. The molecule has 0 unspecified atom stereocenters. The Morgan fingerprint density at radius 2 is 1.77 bits per heavy atom. The maximum Gasteiger partial charge on any atom is 0.116 e. The Bertz CT molecular complexity index is 1550. The highest BCUT2D eigenvalue weighted by Gasteiger charge is 2.16. The van der Waals surface area contributed by atoms with Gasteiger partial charge in [-0.25, -0.2) is 4.98 Å². The molecule has 0 amide bonds. The van der Waals surface area contributed by atoms with E-state index in [0.29, 0.717) is 0 Å². The minimum atomic E-state index is 0.867. The lowest BCUT2D eigenvalue weighted by Crippen LogP contribution is -1.95. The number of nitrogens with zero attached hydrogens (tertiary/aromatic N) is 5. The zero-order chi connectivity index (χ0) is 20.9. The summed E-state index contributed by atoms with van der Waals surface area (Å²) in [7, 11) is 2.00. The Morgan fingerprint density at radius 3 is 2.58 bits per heavy atom. The zero-order valence-corrected chi connectivity index (χ0v) is 17.1. The first-order valence-electron chi connectivity index (χ1n) is 10.0. The Hall–Kier alpha value is -4.26. The molecule has 31 heavy (non-hydrogen) atoms.